The highest BCUT2D eigenvalue weighted by Gasteiger charge is 2.07. The fourth-order valence-corrected chi connectivity index (χ4v) is 0.970. The summed E-state index contributed by atoms with van der Waals surface area (Å²) < 4.78 is 10.0. The van der Waals surface area contributed by atoms with Crippen LogP contribution in [0.1, 0.15) is 11.6 Å². The Kier molecular flexibility index (Phi) is 1.46. The molecule has 0 radical (unpaired) electrons. The predicted molar refractivity (Wildman–Crippen MR) is 41.5 cm³/mol. The zero-order chi connectivity index (χ0) is 8.55. The van der Waals surface area contributed by atoms with Gasteiger partial charge in [-0.2, -0.15) is 4.98 Å². The number of nitrogens with zero attached hydrogens (tertiary/aromatic N) is 2. The van der Waals surface area contributed by atoms with Crippen molar-refractivity contribution >= 4 is 0 Å². The van der Waals surface area contributed by atoms with Crippen molar-refractivity contribution in [1.29, 1.82) is 0 Å². The van der Waals surface area contributed by atoms with Gasteiger partial charge in [-0.1, -0.05) is 5.16 Å². The molecule has 0 saturated carbocycles. The van der Waals surface area contributed by atoms with Crippen molar-refractivity contribution in [3.8, 4) is 11.5 Å². The van der Waals surface area contributed by atoms with Gasteiger partial charge in [0.1, 0.15) is 12.0 Å². The van der Waals surface area contributed by atoms with E-state index in [-0.39, 0.29) is 0 Å². The molecule has 0 N–H and O–H groups in total. The van der Waals surface area contributed by atoms with Crippen LogP contribution in [-0.2, 0) is 0 Å². The Labute approximate surface area is 69.2 Å². The van der Waals surface area contributed by atoms with E-state index >= 15 is 0 Å². The van der Waals surface area contributed by atoms with E-state index in [1.54, 1.807) is 13.2 Å². The van der Waals surface area contributed by atoms with E-state index in [1.807, 2.05) is 13.0 Å². The van der Waals surface area contributed by atoms with Crippen LogP contribution < -0.4 is 0 Å². The minimum absolute atomic E-state index is 0.504. The van der Waals surface area contributed by atoms with Gasteiger partial charge in [0.15, 0.2) is 5.82 Å². The highest BCUT2D eigenvalue weighted by molar-refractivity contribution is 5.51. The van der Waals surface area contributed by atoms with E-state index in [0.717, 1.165) is 11.3 Å². The highest BCUT2D eigenvalue weighted by Crippen LogP contribution is 2.19. The first-order valence-electron chi connectivity index (χ1n) is 3.61. The molecule has 0 saturated heterocycles. The van der Waals surface area contributed by atoms with Crippen LogP contribution in [0.3, 0.4) is 0 Å². The van der Waals surface area contributed by atoms with E-state index in [9.17, 15) is 0 Å². The standard InChI is InChI=1S/C8H8N2O2/c1-5-3-7(4-11-5)8-9-6(2)10-12-8/h3-4H,1-2H3. The van der Waals surface area contributed by atoms with Gasteiger partial charge in [0.25, 0.3) is 5.89 Å². The first kappa shape index (κ1) is 7.09. The average molecular weight is 164 g/mol. The van der Waals surface area contributed by atoms with Crippen molar-refractivity contribution in [1.82, 2.24) is 10.1 Å². The van der Waals surface area contributed by atoms with Gasteiger partial charge in [-0.05, 0) is 19.9 Å². The molecular weight excluding hydrogens is 156 g/mol. The smallest absolute Gasteiger partial charge is 0.261 e. The zero-order valence-corrected chi connectivity index (χ0v) is 6.87. The van der Waals surface area contributed by atoms with Crippen molar-refractivity contribution in [3.63, 3.8) is 0 Å². The molecule has 4 heteroatoms. The molecule has 0 spiro atoms. The summed E-state index contributed by atoms with van der Waals surface area (Å²) in [4.78, 5) is 4.06. The van der Waals surface area contributed by atoms with Crippen LogP contribution in [0.15, 0.2) is 21.3 Å². The summed E-state index contributed by atoms with van der Waals surface area (Å²) in [7, 11) is 0. The van der Waals surface area contributed by atoms with Gasteiger partial charge in [-0.15, -0.1) is 0 Å². The second kappa shape index (κ2) is 2.48. The van der Waals surface area contributed by atoms with Gasteiger partial charge in [0.2, 0.25) is 0 Å². The van der Waals surface area contributed by atoms with Gasteiger partial charge >= 0.3 is 0 Å². The quantitative estimate of drug-likeness (QED) is 0.646. The molecular formula is C8H8N2O2. The number of aromatic nitrogens is 2. The second-order valence-corrected chi connectivity index (χ2v) is 2.59. The lowest BCUT2D eigenvalue weighted by molar-refractivity contribution is 0.425. The molecule has 0 fully saturated rings. The van der Waals surface area contributed by atoms with Crippen LogP contribution in [0.5, 0.6) is 0 Å². The zero-order valence-electron chi connectivity index (χ0n) is 6.87. The average Bonchev–Trinajstić information content (AvgIpc) is 2.58. The molecule has 0 aromatic carbocycles. The van der Waals surface area contributed by atoms with Crippen molar-refractivity contribution in [3.05, 3.63) is 23.9 Å². The van der Waals surface area contributed by atoms with Crippen LogP contribution in [0.4, 0.5) is 0 Å². The molecule has 0 aliphatic rings. The van der Waals surface area contributed by atoms with Gasteiger partial charge in [-0.3, -0.25) is 0 Å². The van der Waals surface area contributed by atoms with E-state index in [2.05, 4.69) is 10.1 Å². The van der Waals surface area contributed by atoms with Gasteiger partial charge in [0.05, 0.1) is 5.56 Å². The number of hydrogen-bond acceptors (Lipinski definition) is 4. The largest absolute Gasteiger partial charge is 0.469 e. The second-order valence-electron chi connectivity index (χ2n) is 2.59. The number of hydrogen-bond donors (Lipinski definition) is 0. The molecule has 0 atom stereocenters. The minimum Gasteiger partial charge on any atom is -0.469 e. The lowest BCUT2D eigenvalue weighted by atomic mass is 10.3. The summed E-state index contributed by atoms with van der Waals surface area (Å²) in [5.41, 5.74) is 0.827. The lowest BCUT2D eigenvalue weighted by Gasteiger charge is -1.80. The normalized spacial score (nSPS) is 10.5. The fraction of sp³-hybridized carbons (Fsp3) is 0.250. The summed E-state index contributed by atoms with van der Waals surface area (Å²) in [6, 6.07) is 1.85. The van der Waals surface area contributed by atoms with E-state index < -0.39 is 0 Å². The molecule has 2 heterocycles. The fourth-order valence-electron chi connectivity index (χ4n) is 0.970. The van der Waals surface area contributed by atoms with E-state index in [0.29, 0.717) is 11.7 Å². The topological polar surface area (TPSA) is 52.1 Å². The van der Waals surface area contributed by atoms with Crippen molar-refractivity contribution in [2.24, 2.45) is 0 Å². The van der Waals surface area contributed by atoms with Crippen LogP contribution in [0.25, 0.3) is 11.5 Å². The Morgan fingerprint density at radius 2 is 2.17 bits per heavy atom. The molecule has 12 heavy (non-hydrogen) atoms. The molecule has 0 amide bonds. The third kappa shape index (κ3) is 1.11. The molecule has 0 aliphatic heterocycles. The van der Waals surface area contributed by atoms with E-state index in [1.165, 1.54) is 0 Å². The number of furan rings is 1. The Balaban J connectivity index is 2.43. The SMILES string of the molecule is Cc1noc(-c2coc(C)c2)n1. The minimum atomic E-state index is 0.504. The Bertz CT molecular complexity index is 351. The Morgan fingerprint density at radius 3 is 2.67 bits per heavy atom. The van der Waals surface area contributed by atoms with Crippen molar-refractivity contribution < 1.29 is 8.94 Å². The monoisotopic (exact) mass is 164 g/mol. The van der Waals surface area contributed by atoms with Crippen molar-refractivity contribution in [2.45, 2.75) is 13.8 Å². The maximum absolute atomic E-state index is 5.10. The highest BCUT2D eigenvalue weighted by atomic mass is 16.5. The molecule has 2 rings (SSSR count). The Morgan fingerprint density at radius 1 is 1.33 bits per heavy atom. The maximum Gasteiger partial charge on any atom is 0.261 e. The molecule has 62 valence electrons. The Hall–Kier alpha value is -1.58. The summed E-state index contributed by atoms with van der Waals surface area (Å²) in [5.74, 6) is 1.97. The first-order valence-corrected chi connectivity index (χ1v) is 3.61. The third-order valence-electron chi connectivity index (χ3n) is 1.51. The summed E-state index contributed by atoms with van der Waals surface area (Å²) >= 11 is 0. The van der Waals surface area contributed by atoms with Crippen LogP contribution in [0, 0.1) is 13.8 Å². The molecule has 0 aliphatic carbocycles. The molecule has 0 bridgehead atoms. The maximum atomic E-state index is 5.10. The molecule has 0 unspecified atom stereocenters. The number of rotatable bonds is 1. The van der Waals surface area contributed by atoms with E-state index in [4.69, 9.17) is 8.94 Å². The van der Waals surface area contributed by atoms with Gasteiger partial charge < -0.3 is 8.94 Å². The van der Waals surface area contributed by atoms with Crippen LogP contribution in [-0.4, -0.2) is 10.1 Å². The van der Waals surface area contributed by atoms with Crippen LogP contribution in [0.2, 0.25) is 0 Å². The lowest BCUT2D eigenvalue weighted by Crippen LogP contribution is -1.73. The van der Waals surface area contributed by atoms with Gasteiger partial charge in [0, 0.05) is 0 Å². The van der Waals surface area contributed by atoms with Crippen molar-refractivity contribution in [2.75, 3.05) is 0 Å². The predicted octanol–water partition coefficient (Wildman–Crippen LogP) is 1.95. The number of aryl methyl sites for hydroxylation is 2. The first-order chi connectivity index (χ1) is 5.75. The molecule has 4 nitrogen and oxygen atoms in total. The van der Waals surface area contributed by atoms with Crippen LogP contribution >= 0.6 is 0 Å². The van der Waals surface area contributed by atoms with Gasteiger partial charge in [-0.25, -0.2) is 0 Å². The summed E-state index contributed by atoms with van der Waals surface area (Å²) in [6.45, 7) is 3.65. The third-order valence-corrected chi connectivity index (χ3v) is 1.51. The molecule has 2 aromatic rings. The summed E-state index contributed by atoms with van der Waals surface area (Å²) in [5, 5.41) is 3.67. The summed E-state index contributed by atoms with van der Waals surface area (Å²) in [6.07, 6.45) is 1.60. The molecule has 2 aromatic heterocycles.